The number of rotatable bonds is 4. The van der Waals surface area contributed by atoms with E-state index < -0.39 is 21.7 Å². The first-order valence-corrected chi connectivity index (χ1v) is 8.36. The number of carbonyl (C=O) groups excluding carboxylic acids is 1. The first-order chi connectivity index (χ1) is 10.2. The number of carbonyl (C=O) groups is 1. The molecule has 2 aromatic rings. The van der Waals surface area contributed by atoms with Crippen LogP contribution >= 0.6 is 11.6 Å². The first-order valence-electron chi connectivity index (χ1n) is 6.09. The van der Waals surface area contributed by atoms with E-state index in [0.29, 0.717) is 10.6 Å². The number of hydrogen-bond acceptors (Lipinski definition) is 3. The average molecular weight is 343 g/mol. The van der Waals surface area contributed by atoms with Crippen molar-refractivity contribution in [2.24, 2.45) is 0 Å². The van der Waals surface area contributed by atoms with Crippen LogP contribution in [0.25, 0.3) is 0 Å². The fourth-order valence-electron chi connectivity index (χ4n) is 1.71. The monoisotopic (exact) mass is 342 g/mol. The molecule has 0 saturated heterocycles. The first kappa shape index (κ1) is 16.3. The Balaban J connectivity index is 2.23. The Kier molecular flexibility index (Phi) is 4.68. The molecule has 0 aliphatic rings. The van der Waals surface area contributed by atoms with Gasteiger partial charge in [-0.1, -0.05) is 17.7 Å². The molecular formula is C14H12ClFN2O3S. The second kappa shape index (κ2) is 6.33. The van der Waals surface area contributed by atoms with Crippen LogP contribution in [0.4, 0.5) is 15.8 Å². The Morgan fingerprint density at radius 2 is 1.91 bits per heavy atom. The Bertz CT molecular complexity index is 825. The van der Waals surface area contributed by atoms with Crippen molar-refractivity contribution in [2.45, 2.75) is 0 Å². The zero-order valence-corrected chi connectivity index (χ0v) is 13.0. The Morgan fingerprint density at radius 3 is 2.55 bits per heavy atom. The summed E-state index contributed by atoms with van der Waals surface area (Å²) < 4.78 is 37.9. The number of benzene rings is 2. The van der Waals surface area contributed by atoms with Gasteiger partial charge in [0, 0.05) is 16.3 Å². The third kappa shape index (κ3) is 4.44. The van der Waals surface area contributed by atoms with Crippen molar-refractivity contribution in [3.05, 3.63) is 58.9 Å². The number of nitrogens with one attached hydrogen (secondary N) is 2. The second-order valence-electron chi connectivity index (χ2n) is 4.53. The minimum Gasteiger partial charge on any atom is -0.322 e. The van der Waals surface area contributed by atoms with Gasteiger partial charge in [0.05, 0.1) is 11.9 Å². The van der Waals surface area contributed by atoms with E-state index in [-0.39, 0.29) is 11.4 Å². The van der Waals surface area contributed by atoms with Crippen LogP contribution < -0.4 is 10.0 Å². The van der Waals surface area contributed by atoms with Crippen molar-refractivity contribution in [1.82, 2.24) is 0 Å². The third-order valence-corrected chi connectivity index (χ3v) is 3.43. The van der Waals surface area contributed by atoms with Crippen LogP contribution in [0.2, 0.25) is 5.02 Å². The fourth-order valence-corrected chi connectivity index (χ4v) is 2.46. The summed E-state index contributed by atoms with van der Waals surface area (Å²) in [6, 6.07) is 9.88. The van der Waals surface area contributed by atoms with Crippen LogP contribution in [0.5, 0.6) is 0 Å². The predicted molar refractivity (Wildman–Crippen MR) is 84.3 cm³/mol. The number of amides is 1. The Hall–Kier alpha value is -2.12. The summed E-state index contributed by atoms with van der Waals surface area (Å²) in [5, 5.41) is 2.95. The maximum absolute atomic E-state index is 13.6. The summed E-state index contributed by atoms with van der Waals surface area (Å²) >= 11 is 5.80. The van der Waals surface area contributed by atoms with Gasteiger partial charge in [-0.3, -0.25) is 9.52 Å². The van der Waals surface area contributed by atoms with E-state index in [0.717, 1.165) is 12.3 Å². The average Bonchev–Trinajstić information content (AvgIpc) is 2.41. The minimum atomic E-state index is -3.62. The van der Waals surface area contributed by atoms with Gasteiger partial charge in [-0.15, -0.1) is 0 Å². The molecule has 0 radical (unpaired) electrons. The SMILES string of the molecule is CS(=O)(=O)Nc1cc(NC(=O)c2cccc(Cl)c2)ccc1F. The van der Waals surface area contributed by atoms with E-state index in [1.165, 1.54) is 18.2 Å². The molecule has 0 aromatic heterocycles. The lowest BCUT2D eigenvalue weighted by molar-refractivity contribution is 0.102. The van der Waals surface area contributed by atoms with Crippen LogP contribution in [-0.4, -0.2) is 20.6 Å². The summed E-state index contributed by atoms with van der Waals surface area (Å²) in [5.74, 6) is -1.19. The molecule has 0 fully saturated rings. The zero-order valence-electron chi connectivity index (χ0n) is 11.4. The molecule has 2 aromatic carbocycles. The lowest BCUT2D eigenvalue weighted by Crippen LogP contribution is -2.14. The lowest BCUT2D eigenvalue weighted by Gasteiger charge is -2.09. The van der Waals surface area contributed by atoms with Gasteiger partial charge >= 0.3 is 0 Å². The van der Waals surface area contributed by atoms with Crippen molar-refractivity contribution in [2.75, 3.05) is 16.3 Å². The van der Waals surface area contributed by atoms with E-state index >= 15 is 0 Å². The molecule has 0 aliphatic heterocycles. The molecule has 0 heterocycles. The molecule has 5 nitrogen and oxygen atoms in total. The van der Waals surface area contributed by atoms with Gasteiger partial charge in [-0.05, 0) is 36.4 Å². The summed E-state index contributed by atoms with van der Waals surface area (Å²) in [7, 11) is -3.62. The van der Waals surface area contributed by atoms with E-state index in [4.69, 9.17) is 11.6 Å². The van der Waals surface area contributed by atoms with Gasteiger partial charge in [0.25, 0.3) is 5.91 Å². The standard InChI is InChI=1S/C14H12ClFN2O3S/c1-22(20,21)18-13-8-11(5-6-12(13)16)17-14(19)9-3-2-4-10(15)7-9/h2-8,18H,1H3,(H,17,19). The highest BCUT2D eigenvalue weighted by atomic mass is 35.5. The largest absolute Gasteiger partial charge is 0.322 e. The molecule has 0 aliphatic carbocycles. The highest BCUT2D eigenvalue weighted by molar-refractivity contribution is 7.92. The normalized spacial score (nSPS) is 11.0. The van der Waals surface area contributed by atoms with E-state index in [1.807, 2.05) is 4.72 Å². The second-order valence-corrected chi connectivity index (χ2v) is 6.72. The summed E-state index contributed by atoms with van der Waals surface area (Å²) in [6.07, 6.45) is 0.906. The highest BCUT2D eigenvalue weighted by Crippen LogP contribution is 2.21. The van der Waals surface area contributed by atoms with Crippen molar-refractivity contribution in [3.63, 3.8) is 0 Å². The number of halogens is 2. The number of anilines is 2. The van der Waals surface area contributed by atoms with Crippen LogP contribution in [0.15, 0.2) is 42.5 Å². The summed E-state index contributed by atoms with van der Waals surface area (Å²) in [6.45, 7) is 0. The van der Waals surface area contributed by atoms with Gasteiger partial charge in [-0.2, -0.15) is 0 Å². The zero-order chi connectivity index (χ0) is 16.3. The minimum absolute atomic E-state index is 0.244. The lowest BCUT2D eigenvalue weighted by atomic mass is 10.2. The van der Waals surface area contributed by atoms with Crippen molar-refractivity contribution >= 4 is 38.9 Å². The van der Waals surface area contributed by atoms with Crippen LogP contribution in [0, 0.1) is 5.82 Å². The topological polar surface area (TPSA) is 75.3 Å². The fraction of sp³-hybridized carbons (Fsp3) is 0.0714. The molecule has 2 rings (SSSR count). The molecule has 0 bridgehead atoms. The predicted octanol–water partition coefficient (Wildman–Crippen LogP) is 3.10. The Labute approximate surface area is 132 Å². The van der Waals surface area contributed by atoms with Crippen molar-refractivity contribution in [1.29, 1.82) is 0 Å². The molecule has 0 unspecified atom stereocenters. The van der Waals surface area contributed by atoms with E-state index in [1.54, 1.807) is 18.2 Å². The molecule has 2 N–H and O–H groups in total. The molecule has 8 heteroatoms. The van der Waals surface area contributed by atoms with Gasteiger partial charge in [-0.25, -0.2) is 12.8 Å². The summed E-state index contributed by atoms with van der Waals surface area (Å²) in [4.78, 5) is 12.0. The molecule has 0 atom stereocenters. The van der Waals surface area contributed by atoms with Gasteiger partial charge in [0.1, 0.15) is 5.82 Å². The molecule has 0 saturated carbocycles. The van der Waals surface area contributed by atoms with Crippen LogP contribution in [0.3, 0.4) is 0 Å². The van der Waals surface area contributed by atoms with Crippen LogP contribution in [0.1, 0.15) is 10.4 Å². The number of sulfonamides is 1. The number of hydrogen-bond donors (Lipinski definition) is 2. The molecule has 22 heavy (non-hydrogen) atoms. The summed E-state index contributed by atoms with van der Waals surface area (Å²) in [5.41, 5.74) is 0.332. The van der Waals surface area contributed by atoms with Gasteiger partial charge in [0.15, 0.2) is 0 Å². The maximum Gasteiger partial charge on any atom is 0.255 e. The van der Waals surface area contributed by atoms with E-state index in [9.17, 15) is 17.6 Å². The molecule has 1 amide bonds. The molecule has 0 spiro atoms. The van der Waals surface area contributed by atoms with E-state index in [2.05, 4.69) is 5.32 Å². The maximum atomic E-state index is 13.6. The van der Waals surface area contributed by atoms with Crippen LogP contribution in [-0.2, 0) is 10.0 Å². The Morgan fingerprint density at radius 1 is 1.18 bits per heavy atom. The molecular weight excluding hydrogens is 331 g/mol. The highest BCUT2D eigenvalue weighted by Gasteiger charge is 2.11. The smallest absolute Gasteiger partial charge is 0.255 e. The third-order valence-electron chi connectivity index (χ3n) is 2.61. The van der Waals surface area contributed by atoms with Crippen molar-refractivity contribution < 1.29 is 17.6 Å². The van der Waals surface area contributed by atoms with Gasteiger partial charge in [0.2, 0.25) is 10.0 Å². The van der Waals surface area contributed by atoms with Gasteiger partial charge < -0.3 is 5.32 Å². The quantitative estimate of drug-likeness (QED) is 0.896. The molecule has 116 valence electrons. The van der Waals surface area contributed by atoms with Crippen molar-refractivity contribution in [3.8, 4) is 0 Å².